The third-order valence-electron chi connectivity index (χ3n) is 3.93. The molecule has 1 amide bonds. The molecule has 136 valence electrons. The van der Waals surface area contributed by atoms with Gasteiger partial charge in [-0.25, -0.2) is 4.98 Å². The molecule has 0 aliphatic rings. The second-order valence-corrected chi connectivity index (χ2v) is 5.82. The van der Waals surface area contributed by atoms with Gasteiger partial charge in [-0.1, -0.05) is 19.8 Å². The van der Waals surface area contributed by atoms with E-state index >= 15 is 0 Å². The van der Waals surface area contributed by atoms with Gasteiger partial charge in [0.05, 0.1) is 18.0 Å². The summed E-state index contributed by atoms with van der Waals surface area (Å²) < 4.78 is 16.2. The molecule has 0 spiro atoms. The number of methoxy groups -OCH3 is 1. The number of carbonyl (C=O) groups is 1. The van der Waals surface area contributed by atoms with Crippen molar-refractivity contribution >= 4 is 11.6 Å². The van der Waals surface area contributed by atoms with E-state index < -0.39 is 5.60 Å². The number of anilines is 1. The Bertz CT molecular complexity index is 522. The first-order valence-corrected chi connectivity index (χ1v) is 8.51. The minimum Gasteiger partial charge on any atom is -0.475 e. The Morgan fingerprint density at radius 1 is 1.29 bits per heavy atom. The number of amides is 1. The van der Waals surface area contributed by atoms with Crippen LogP contribution in [0.5, 0.6) is 5.88 Å². The zero-order valence-electron chi connectivity index (χ0n) is 15.5. The quantitative estimate of drug-likeness (QED) is 0.627. The predicted octanol–water partition coefficient (Wildman–Crippen LogP) is 3.34. The third kappa shape index (κ3) is 6.09. The monoisotopic (exact) mass is 338 g/mol. The van der Waals surface area contributed by atoms with Gasteiger partial charge < -0.3 is 19.5 Å². The first-order valence-electron chi connectivity index (χ1n) is 8.51. The van der Waals surface area contributed by atoms with Gasteiger partial charge in [0.2, 0.25) is 5.88 Å². The molecule has 0 fully saturated rings. The molecule has 24 heavy (non-hydrogen) atoms. The predicted molar refractivity (Wildman–Crippen MR) is 94.5 cm³/mol. The molecule has 0 bridgehead atoms. The van der Waals surface area contributed by atoms with Gasteiger partial charge in [-0.15, -0.1) is 0 Å². The molecular weight excluding hydrogens is 308 g/mol. The van der Waals surface area contributed by atoms with E-state index in [4.69, 9.17) is 14.2 Å². The maximum absolute atomic E-state index is 12.5. The number of pyridine rings is 1. The third-order valence-corrected chi connectivity index (χ3v) is 3.93. The Kier molecular flexibility index (Phi) is 8.71. The molecule has 1 heterocycles. The van der Waals surface area contributed by atoms with Gasteiger partial charge in [-0.3, -0.25) is 4.79 Å². The Morgan fingerprint density at radius 3 is 2.62 bits per heavy atom. The van der Waals surface area contributed by atoms with Crippen molar-refractivity contribution in [3.8, 4) is 5.88 Å². The molecule has 0 aliphatic carbocycles. The highest BCUT2D eigenvalue weighted by Gasteiger charge is 2.32. The lowest BCUT2D eigenvalue weighted by atomic mass is 9.97. The minimum atomic E-state index is -0.838. The van der Waals surface area contributed by atoms with E-state index in [0.29, 0.717) is 43.5 Å². The Morgan fingerprint density at radius 2 is 2.04 bits per heavy atom. The zero-order chi connectivity index (χ0) is 18.0. The van der Waals surface area contributed by atoms with Crippen LogP contribution in [0, 0.1) is 6.92 Å². The molecule has 1 unspecified atom stereocenters. The normalized spacial score (nSPS) is 13.4. The number of nitrogens with one attached hydrogen (secondary N) is 1. The number of ether oxygens (including phenoxy) is 3. The number of nitrogens with zero attached hydrogens (tertiary/aromatic N) is 1. The van der Waals surface area contributed by atoms with Crippen molar-refractivity contribution in [3.05, 3.63) is 17.8 Å². The summed E-state index contributed by atoms with van der Waals surface area (Å²) in [7, 11) is 1.57. The van der Waals surface area contributed by atoms with Crippen molar-refractivity contribution in [3.63, 3.8) is 0 Å². The first-order chi connectivity index (χ1) is 11.5. The first kappa shape index (κ1) is 20.4. The molecule has 1 aromatic heterocycles. The van der Waals surface area contributed by atoms with Gasteiger partial charge in [0.1, 0.15) is 12.2 Å². The van der Waals surface area contributed by atoms with Crippen molar-refractivity contribution in [2.24, 2.45) is 0 Å². The maximum Gasteiger partial charge on any atom is 0.256 e. The largest absolute Gasteiger partial charge is 0.475 e. The van der Waals surface area contributed by atoms with E-state index in [0.717, 1.165) is 12.8 Å². The Labute approximate surface area is 144 Å². The number of aromatic nitrogens is 1. The summed E-state index contributed by atoms with van der Waals surface area (Å²) in [5, 5.41) is 2.91. The van der Waals surface area contributed by atoms with Gasteiger partial charge in [0.15, 0.2) is 0 Å². The molecule has 6 nitrogen and oxygen atoms in total. The lowest BCUT2D eigenvalue weighted by Gasteiger charge is -2.27. The van der Waals surface area contributed by atoms with Crippen molar-refractivity contribution in [1.82, 2.24) is 4.98 Å². The van der Waals surface area contributed by atoms with E-state index in [1.165, 1.54) is 0 Å². The Balaban J connectivity index is 2.68. The van der Waals surface area contributed by atoms with Crippen molar-refractivity contribution in [1.29, 1.82) is 0 Å². The fourth-order valence-electron chi connectivity index (χ4n) is 2.18. The van der Waals surface area contributed by atoms with Gasteiger partial charge in [-0.05, 0) is 33.3 Å². The van der Waals surface area contributed by atoms with Gasteiger partial charge in [-0.2, -0.15) is 0 Å². The molecule has 1 aromatic rings. The Hall–Kier alpha value is -1.66. The van der Waals surface area contributed by atoms with Gasteiger partial charge >= 0.3 is 0 Å². The van der Waals surface area contributed by atoms with Gasteiger partial charge in [0, 0.05) is 19.8 Å². The maximum atomic E-state index is 12.5. The second-order valence-electron chi connectivity index (χ2n) is 5.82. The van der Waals surface area contributed by atoms with Crippen LogP contribution in [0.2, 0.25) is 0 Å². The molecule has 6 heteroatoms. The summed E-state index contributed by atoms with van der Waals surface area (Å²) in [5.74, 6) is 0.360. The van der Waals surface area contributed by atoms with E-state index in [-0.39, 0.29) is 5.91 Å². The number of hydrogen-bond acceptors (Lipinski definition) is 5. The highest BCUT2D eigenvalue weighted by atomic mass is 16.5. The van der Waals surface area contributed by atoms with E-state index in [1.807, 2.05) is 20.8 Å². The van der Waals surface area contributed by atoms with Crippen LogP contribution >= 0.6 is 0 Å². The van der Waals surface area contributed by atoms with E-state index in [1.54, 1.807) is 19.2 Å². The molecule has 1 N–H and O–H groups in total. The zero-order valence-corrected chi connectivity index (χ0v) is 15.5. The minimum absolute atomic E-state index is 0.159. The standard InChI is InChI=1S/C18H30N2O4/c1-6-8-11-18(4,22-5)17(21)20-15-9-10-16(19-14(15)3)24-13-12-23-7-2/h9-10H,6-8,11-13H2,1-5H3,(H,20,21). The lowest BCUT2D eigenvalue weighted by Crippen LogP contribution is -2.42. The summed E-state index contributed by atoms with van der Waals surface area (Å²) in [5.41, 5.74) is 0.526. The number of carbonyl (C=O) groups excluding carboxylic acids is 1. The number of aryl methyl sites for hydroxylation is 1. The number of unbranched alkanes of at least 4 members (excludes halogenated alkanes) is 1. The van der Waals surface area contributed by atoms with Crippen LogP contribution in [0.3, 0.4) is 0 Å². The molecule has 1 atom stereocenters. The van der Waals surface area contributed by atoms with Crippen molar-refractivity contribution < 1.29 is 19.0 Å². The molecule has 0 saturated heterocycles. The molecule has 1 rings (SSSR count). The van der Waals surface area contributed by atoms with Crippen LogP contribution in [0.1, 0.15) is 45.7 Å². The summed E-state index contributed by atoms with van der Waals surface area (Å²) in [6.45, 7) is 9.31. The molecule has 0 aromatic carbocycles. The van der Waals surface area contributed by atoms with Crippen LogP contribution in [0.15, 0.2) is 12.1 Å². The molecule has 0 radical (unpaired) electrons. The highest BCUT2D eigenvalue weighted by molar-refractivity contribution is 5.97. The highest BCUT2D eigenvalue weighted by Crippen LogP contribution is 2.23. The summed E-state index contributed by atoms with van der Waals surface area (Å²) in [6.07, 6.45) is 2.62. The fraction of sp³-hybridized carbons (Fsp3) is 0.667. The van der Waals surface area contributed by atoms with Crippen LogP contribution < -0.4 is 10.1 Å². The van der Waals surface area contributed by atoms with E-state index in [9.17, 15) is 4.79 Å². The molecule has 0 saturated carbocycles. The summed E-state index contributed by atoms with van der Waals surface area (Å²) in [4.78, 5) is 16.9. The lowest BCUT2D eigenvalue weighted by molar-refractivity contribution is -0.136. The van der Waals surface area contributed by atoms with E-state index in [2.05, 4.69) is 17.2 Å². The van der Waals surface area contributed by atoms with Crippen LogP contribution in [-0.4, -0.2) is 43.4 Å². The summed E-state index contributed by atoms with van der Waals surface area (Å²) in [6, 6.07) is 3.54. The van der Waals surface area contributed by atoms with Crippen LogP contribution in [-0.2, 0) is 14.3 Å². The molecule has 0 aliphatic heterocycles. The number of hydrogen-bond donors (Lipinski definition) is 1. The molecular formula is C18H30N2O4. The average molecular weight is 338 g/mol. The van der Waals surface area contributed by atoms with Crippen molar-refractivity contribution in [2.75, 3.05) is 32.2 Å². The fourth-order valence-corrected chi connectivity index (χ4v) is 2.18. The SMILES string of the molecule is CCCCC(C)(OC)C(=O)Nc1ccc(OCCOCC)nc1C. The van der Waals surface area contributed by atoms with Gasteiger partial charge in [0.25, 0.3) is 5.91 Å². The smallest absolute Gasteiger partial charge is 0.256 e. The number of rotatable bonds is 11. The van der Waals surface area contributed by atoms with Crippen LogP contribution in [0.25, 0.3) is 0 Å². The van der Waals surface area contributed by atoms with Crippen LogP contribution in [0.4, 0.5) is 5.69 Å². The topological polar surface area (TPSA) is 69.7 Å². The average Bonchev–Trinajstić information content (AvgIpc) is 2.58. The van der Waals surface area contributed by atoms with Crippen molar-refractivity contribution in [2.45, 2.75) is 52.6 Å². The summed E-state index contributed by atoms with van der Waals surface area (Å²) >= 11 is 0. The second kappa shape index (κ2) is 10.3.